The number of rotatable bonds is 8. The molecule has 0 aliphatic carbocycles. The van der Waals surface area contributed by atoms with Crippen molar-refractivity contribution in [2.45, 2.75) is 32.4 Å². The molecule has 0 saturated heterocycles. The average Bonchev–Trinajstić information content (AvgIpc) is 2.70. The number of benzene rings is 1. The third-order valence-electron chi connectivity index (χ3n) is 3.78. The number of carbonyl (C=O) groups is 3. The van der Waals surface area contributed by atoms with Crippen LogP contribution < -0.4 is 10.1 Å². The second-order valence-electron chi connectivity index (χ2n) is 7.29. The molecular formula is C21H24N2O7. The number of nitrogens with one attached hydrogen (secondary N) is 1. The molecule has 1 aromatic carbocycles. The third kappa shape index (κ3) is 6.85. The van der Waals surface area contributed by atoms with Crippen molar-refractivity contribution in [2.24, 2.45) is 0 Å². The highest BCUT2D eigenvalue weighted by atomic mass is 16.5. The van der Waals surface area contributed by atoms with Gasteiger partial charge in [0, 0.05) is 12.3 Å². The van der Waals surface area contributed by atoms with Crippen molar-refractivity contribution in [1.29, 1.82) is 0 Å². The van der Waals surface area contributed by atoms with E-state index < -0.39 is 29.5 Å². The summed E-state index contributed by atoms with van der Waals surface area (Å²) in [5.74, 6) is -1.76. The van der Waals surface area contributed by atoms with E-state index >= 15 is 0 Å². The van der Waals surface area contributed by atoms with Gasteiger partial charge in [-0.15, -0.1) is 0 Å². The van der Waals surface area contributed by atoms with E-state index in [9.17, 15) is 14.4 Å². The highest BCUT2D eigenvalue weighted by molar-refractivity contribution is 5.96. The van der Waals surface area contributed by atoms with Gasteiger partial charge in [-0.1, -0.05) is 6.07 Å². The van der Waals surface area contributed by atoms with Crippen LogP contribution in [0.5, 0.6) is 11.6 Å². The summed E-state index contributed by atoms with van der Waals surface area (Å²) in [5, 5.41) is 11.6. The van der Waals surface area contributed by atoms with Gasteiger partial charge in [-0.2, -0.15) is 0 Å². The van der Waals surface area contributed by atoms with E-state index in [-0.39, 0.29) is 23.6 Å². The predicted octanol–water partition coefficient (Wildman–Crippen LogP) is 2.66. The van der Waals surface area contributed by atoms with Crippen LogP contribution in [-0.4, -0.2) is 53.3 Å². The van der Waals surface area contributed by atoms with E-state index in [1.165, 1.54) is 37.6 Å². The average molecular weight is 416 g/mol. The quantitative estimate of drug-likeness (QED) is 0.630. The van der Waals surface area contributed by atoms with Gasteiger partial charge in [0.05, 0.1) is 30.4 Å². The molecule has 9 nitrogen and oxygen atoms in total. The molecule has 160 valence electrons. The number of hydrogen-bond acceptors (Lipinski definition) is 7. The molecule has 0 aliphatic rings. The lowest BCUT2D eigenvalue weighted by atomic mass is 10.2. The molecular weight excluding hydrogens is 392 g/mol. The van der Waals surface area contributed by atoms with Gasteiger partial charge in [0.15, 0.2) is 6.04 Å². The number of nitrogens with zero attached hydrogens (tertiary/aromatic N) is 1. The van der Waals surface area contributed by atoms with E-state index in [1.54, 1.807) is 12.1 Å². The van der Waals surface area contributed by atoms with Crippen molar-refractivity contribution in [1.82, 2.24) is 10.3 Å². The van der Waals surface area contributed by atoms with Crippen LogP contribution >= 0.6 is 0 Å². The molecule has 9 heteroatoms. The first-order valence-electron chi connectivity index (χ1n) is 9.09. The maximum Gasteiger partial charge on any atom is 0.335 e. The minimum absolute atomic E-state index is 0.0452. The van der Waals surface area contributed by atoms with Gasteiger partial charge < -0.3 is 24.6 Å². The lowest BCUT2D eigenvalue weighted by Gasteiger charge is -2.23. The van der Waals surface area contributed by atoms with Gasteiger partial charge in [0.1, 0.15) is 5.75 Å². The SMILES string of the molecule is COC(=O)[C@H](COC(C)(C)C)NC(=O)c1ccc(Oc2cccc(C(=O)O)c2)nc1. The van der Waals surface area contributed by atoms with E-state index in [2.05, 4.69) is 10.3 Å². The number of methoxy groups -OCH3 is 1. The first kappa shape index (κ1) is 22.8. The van der Waals surface area contributed by atoms with Crippen LogP contribution in [0, 0.1) is 0 Å². The highest BCUT2D eigenvalue weighted by Crippen LogP contribution is 2.20. The highest BCUT2D eigenvalue weighted by Gasteiger charge is 2.25. The van der Waals surface area contributed by atoms with Crippen LogP contribution in [0.25, 0.3) is 0 Å². The molecule has 1 aromatic heterocycles. The second kappa shape index (κ2) is 9.84. The largest absolute Gasteiger partial charge is 0.478 e. The predicted molar refractivity (Wildman–Crippen MR) is 107 cm³/mol. The lowest BCUT2D eigenvalue weighted by Crippen LogP contribution is -2.46. The maximum atomic E-state index is 12.5. The molecule has 2 aromatic rings. The van der Waals surface area contributed by atoms with Crippen LogP contribution in [0.4, 0.5) is 0 Å². The number of carboxylic acid groups (broad SMARTS) is 1. The van der Waals surface area contributed by atoms with E-state index in [0.29, 0.717) is 5.75 Å². The number of amides is 1. The van der Waals surface area contributed by atoms with Gasteiger partial charge >= 0.3 is 11.9 Å². The lowest BCUT2D eigenvalue weighted by molar-refractivity contribution is -0.146. The Morgan fingerprint density at radius 1 is 1.13 bits per heavy atom. The Morgan fingerprint density at radius 3 is 2.43 bits per heavy atom. The van der Waals surface area contributed by atoms with Gasteiger partial charge in [-0.05, 0) is 45.0 Å². The van der Waals surface area contributed by atoms with Crippen molar-refractivity contribution in [2.75, 3.05) is 13.7 Å². The van der Waals surface area contributed by atoms with Crippen LogP contribution in [-0.2, 0) is 14.3 Å². The minimum Gasteiger partial charge on any atom is -0.478 e. The van der Waals surface area contributed by atoms with Crippen LogP contribution in [0.3, 0.4) is 0 Å². The Hall–Kier alpha value is -3.46. The number of carboxylic acids is 1. The fourth-order valence-corrected chi connectivity index (χ4v) is 2.27. The first-order valence-corrected chi connectivity index (χ1v) is 9.09. The van der Waals surface area contributed by atoms with E-state index in [4.69, 9.17) is 19.3 Å². The zero-order valence-corrected chi connectivity index (χ0v) is 17.2. The zero-order valence-electron chi connectivity index (χ0n) is 17.2. The molecule has 2 rings (SSSR count). The maximum absolute atomic E-state index is 12.5. The summed E-state index contributed by atoms with van der Waals surface area (Å²) in [5.41, 5.74) is -0.212. The normalized spacial score (nSPS) is 12.0. The Labute approximate surface area is 174 Å². The molecule has 0 bridgehead atoms. The summed E-state index contributed by atoms with van der Waals surface area (Å²) >= 11 is 0. The Bertz CT molecular complexity index is 904. The molecule has 0 radical (unpaired) electrons. The van der Waals surface area contributed by atoms with E-state index in [0.717, 1.165) is 0 Å². The Balaban J connectivity index is 2.05. The molecule has 0 spiro atoms. The molecule has 0 aliphatic heterocycles. The van der Waals surface area contributed by atoms with Gasteiger partial charge in [0.25, 0.3) is 5.91 Å². The van der Waals surface area contributed by atoms with Crippen LogP contribution in [0.2, 0.25) is 0 Å². The number of aromatic carboxylic acids is 1. The van der Waals surface area contributed by atoms with Crippen LogP contribution in [0.15, 0.2) is 42.6 Å². The van der Waals surface area contributed by atoms with Crippen molar-refractivity contribution in [3.8, 4) is 11.6 Å². The standard InChI is InChI=1S/C21H24N2O7/c1-21(2,3)29-12-16(20(27)28-4)23-18(24)14-8-9-17(22-11-14)30-15-7-5-6-13(10-15)19(25)26/h5-11,16H,12H2,1-4H3,(H,23,24)(H,25,26)/t16-/m0/s1. The number of hydrogen-bond donors (Lipinski definition) is 2. The zero-order chi connectivity index (χ0) is 22.3. The molecule has 2 N–H and O–H groups in total. The van der Waals surface area contributed by atoms with Gasteiger partial charge in [-0.25, -0.2) is 14.6 Å². The second-order valence-corrected chi connectivity index (χ2v) is 7.29. The smallest absolute Gasteiger partial charge is 0.335 e. The van der Waals surface area contributed by atoms with Crippen molar-refractivity contribution >= 4 is 17.8 Å². The van der Waals surface area contributed by atoms with Crippen molar-refractivity contribution < 1.29 is 33.7 Å². The Morgan fingerprint density at radius 2 is 1.87 bits per heavy atom. The van der Waals surface area contributed by atoms with Gasteiger partial charge in [0.2, 0.25) is 5.88 Å². The minimum atomic E-state index is -1.07. The number of pyridine rings is 1. The molecule has 0 fully saturated rings. The fraction of sp³-hybridized carbons (Fsp3) is 0.333. The first-order chi connectivity index (χ1) is 14.1. The monoisotopic (exact) mass is 416 g/mol. The topological polar surface area (TPSA) is 124 Å². The molecule has 1 atom stereocenters. The van der Waals surface area contributed by atoms with Crippen molar-refractivity contribution in [3.63, 3.8) is 0 Å². The molecule has 1 heterocycles. The summed E-state index contributed by atoms with van der Waals surface area (Å²) in [6.45, 7) is 5.45. The van der Waals surface area contributed by atoms with Crippen LogP contribution in [0.1, 0.15) is 41.5 Å². The summed E-state index contributed by atoms with van der Waals surface area (Å²) in [7, 11) is 1.23. The van der Waals surface area contributed by atoms with E-state index in [1.807, 2.05) is 20.8 Å². The number of ether oxygens (including phenoxy) is 3. The summed E-state index contributed by atoms with van der Waals surface area (Å²) in [6, 6.07) is 7.89. The third-order valence-corrected chi connectivity index (χ3v) is 3.78. The fourth-order valence-electron chi connectivity index (χ4n) is 2.27. The van der Waals surface area contributed by atoms with Crippen molar-refractivity contribution in [3.05, 3.63) is 53.7 Å². The summed E-state index contributed by atoms with van der Waals surface area (Å²) in [6.07, 6.45) is 1.28. The number of aromatic nitrogens is 1. The molecule has 0 saturated carbocycles. The molecule has 0 unspecified atom stereocenters. The van der Waals surface area contributed by atoms with Gasteiger partial charge in [-0.3, -0.25) is 4.79 Å². The number of carbonyl (C=O) groups excluding carboxylic acids is 2. The summed E-state index contributed by atoms with van der Waals surface area (Å²) < 4.78 is 15.8. The molecule has 30 heavy (non-hydrogen) atoms. The Kier molecular flexibility index (Phi) is 7.48. The molecule has 1 amide bonds. The number of esters is 1. The summed E-state index contributed by atoms with van der Waals surface area (Å²) in [4.78, 5) is 39.5.